The molecule has 1 unspecified atom stereocenters. The van der Waals surface area contributed by atoms with Crippen LogP contribution in [0.15, 0.2) is 24.3 Å². The third-order valence-corrected chi connectivity index (χ3v) is 3.20. The Morgan fingerprint density at radius 2 is 1.89 bits per heavy atom. The summed E-state index contributed by atoms with van der Waals surface area (Å²) in [5.41, 5.74) is 0.913. The molecule has 3 heteroatoms. The Morgan fingerprint density at radius 1 is 1.32 bits per heavy atom. The van der Waals surface area contributed by atoms with Crippen molar-refractivity contribution >= 4 is 5.91 Å². The van der Waals surface area contributed by atoms with Crippen molar-refractivity contribution in [2.45, 2.75) is 46.1 Å². The number of aliphatic hydroxyl groups is 1. The molecule has 1 aromatic carbocycles. The molecule has 0 saturated carbocycles. The van der Waals surface area contributed by atoms with Crippen LogP contribution in [0, 0.1) is 12.8 Å². The SMILES string of the molecule is Cc1ccc(C(=O)NCC(C)(O)CCC(C)C)cc1. The van der Waals surface area contributed by atoms with Crippen molar-refractivity contribution in [1.29, 1.82) is 0 Å². The van der Waals surface area contributed by atoms with Crippen molar-refractivity contribution in [1.82, 2.24) is 5.32 Å². The minimum Gasteiger partial charge on any atom is -0.388 e. The molecule has 1 atom stereocenters. The van der Waals surface area contributed by atoms with Gasteiger partial charge in [0.15, 0.2) is 0 Å². The molecule has 1 aromatic rings. The van der Waals surface area contributed by atoms with Crippen LogP contribution < -0.4 is 5.32 Å². The molecule has 3 nitrogen and oxygen atoms in total. The van der Waals surface area contributed by atoms with E-state index in [9.17, 15) is 9.90 Å². The summed E-state index contributed by atoms with van der Waals surface area (Å²) < 4.78 is 0. The fourth-order valence-corrected chi connectivity index (χ4v) is 1.77. The number of carbonyl (C=O) groups excluding carboxylic acids is 1. The number of rotatable bonds is 6. The highest BCUT2D eigenvalue weighted by Gasteiger charge is 2.21. The third kappa shape index (κ3) is 5.88. The van der Waals surface area contributed by atoms with E-state index >= 15 is 0 Å². The van der Waals surface area contributed by atoms with Crippen LogP contribution in [0.5, 0.6) is 0 Å². The molecule has 1 amide bonds. The predicted octanol–water partition coefficient (Wildman–Crippen LogP) is 2.91. The summed E-state index contributed by atoms with van der Waals surface area (Å²) in [6.07, 6.45) is 1.65. The molecule has 2 N–H and O–H groups in total. The van der Waals surface area contributed by atoms with E-state index in [0.29, 0.717) is 17.9 Å². The summed E-state index contributed by atoms with van der Waals surface area (Å²) >= 11 is 0. The Hall–Kier alpha value is -1.35. The van der Waals surface area contributed by atoms with Gasteiger partial charge in [-0.15, -0.1) is 0 Å². The number of hydrogen-bond donors (Lipinski definition) is 2. The van der Waals surface area contributed by atoms with Gasteiger partial charge in [-0.2, -0.15) is 0 Å². The van der Waals surface area contributed by atoms with Gasteiger partial charge in [0, 0.05) is 12.1 Å². The molecule has 1 rings (SSSR count). The van der Waals surface area contributed by atoms with E-state index in [-0.39, 0.29) is 12.5 Å². The maximum atomic E-state index is 11.9. The molecule has 0 heterocycles. The molecule has 106 valence electrons. The minimum absolute atomic E-state index is 0.134. The molecule has 0 aliphatic heterocycles. The molecular formula is C16H25NO2. The topological polar surface area (TPSA) is 49.3 Å². The molecular weight excluding hydrogens is 238 g/mol. The Kier molecular flexibility index (Phi) is 5.55. The van der Waals surface area contributed by atoms with Gasteiger partial charge in [0.1, 0.15) is 0 Å². The number of benzene rings is 1. The van der Waals surface area contributed by atoms with Gasteiger partial charge >= 0.3 is 0 Å². The fourth-order valence-electron chi connectivity index (χ4n) is 1.77. The summed E-state index contributed by atoms with van der Waals surface area (Å²) in [7, 11) is 0. The van der Waals surface area contributed by atoms with Gasteiger partial charge in [0.25, 0.3) is 5.91 Å². The maximum absolute atomic E-state index is 11.9. The van der Waals surface area contributed by atoms with Crippen LogP contribution in [0.4, 0.5) is 0 Å². The number of carbonyl (C=O) groups is 1. The van der Waals surface area contributed by atoms with Gasteiger partial charge in [0.05, 0.1) is 5.60 Å². The van der Waals surface area contributed by atoms with Gasteiger partial charge in [-0.3, -0.25) is 4.79 Å². The molecule has 0 aliphatic carbocycles. The van der Waals surface area contributed by atoms with Crippen LogP contribution in [0.25, 0.3) is 0 Å². The molecule has 0 radical (unpaired) electrons. The van der Waals surface area contributed by atoms with Crippen LogP contribution in [0.3, 0.4) is 0 Å². The van der Waals surface area contributed by atoms with E-state index in [1.165, 1.54) is 0 Å². The second kappa shape index (κ2) is 6.71. The van der Waals surface area contributed by atoms with Gasteiger partial charge in [-0.05, 0) is 44.7 Å². The zero-order valence-electron chi connectivity index (χ0n) is 12.4. The maximum Gasteiger partial charge on any atom is 0.251 e. The molecule has 0 aromatic heterocycles. The third-order valence-electron chi connectivity index (χ3n) is 3.20. The standard InChI is InChI=1S/C16H25NO2/c1-12(2)9-10-16(4,19)11-17-15(18)14-7-5-13(3)6-8-14/h5-8,12,19H,9-11H2,1-4H3,(H,17,18). The number of amides is 1. The second-order valence-electron chi connectivity index (χ2n) is 5.98. The van der Waals surface area contributed by atoms with Gasteiger partial charge < -0.3 is 10.4 Å². The van der Waals surface area contributed by atoms with Crippen molar-refractivity contribution in [2.75, 3.05) is 6.54 Å². The summed E-state index contributed by atoms with van der Waals surface area (Å²) in [5.74, 6) is 0.420. The lowest BCUT2D eigenvalue weighted by atomic mass is 9.95. The van der Waals surface area contributed by atoms with Crippen LogP contribution in [0.1, 0.15) is 49.5 Å². The highest BCUT2D eigenvalue weighted by Crippen LogP contribution is 2.15. The van der Waals surface area contributed by atoms with E-state index in [0.717, 1.165) is 12.0 Å². The zero-order valence-corrected chi connectivity index (χ0v) is 12.4. The lowest BCUT2D eigenvalue weighted by Crippen LogP contribution is -2.40. The van der Waals surface area contributed by atoms with Gasteiger partial charge in [0.2, 0.25) is 0 Å². The summed E-state index contributed by atoms with van der Waals surface area (Å²) in [6.45, 7) is 8.29. The van der Waals surface area contributed by atoms with Crippen LogP contribution in [-0.2, 0) is 0 Å². The first-order chi connectivity index (χ1) is 8.80. The van der Waals surface area contributed by atoms with E-state index in [1.54, 1.807) is 19.1 Å². The lowest BCUT2D eigenvalue weighted by molar-refractivity contribution is 0.0429. The summed E-state index contributed by atoms with van der Waals surface area (Å²) in [6, 6.07) is 7.42. The average molecular weight is 263 g/mol. The van der Waals surface area contributed by atoms with Crippen molar-refractivity contribution in [3.05, 3.63) is 35.4 Å². The first kappa shape index (κ1) is 15.7. The first-order valence-corrected chi connectivity index (χ1v) is 6.87. The Morgan fingerprint density at radius 3 is 2.42 bits per heavy atom. The van der Waals surface area contributed by atoms with Crippen molar-refractivity contribution in [3.63, 3.8) is 0 Å². The monoisotopic (exact) mass is 263 g/mol. The smallest absolute Gasteiger partial charge is 0.251 e. The highest BCUT2D eigenvalue weighted by atomic mass is 16.3. The molecule has 0 saturated heterocycles. The van der Waals surface area contributed by atoms with E-state index < -0.39 is 5.60 Å². The molecule has 19 heavy (non-hydrogen) atoms. The number of aryl methyl sites for hydroxylation is 1. The zero-order chi connectivity index (χ0) is 14.5. The van der Waals surface area contributed by atoms with Crippen molar-refractivity contribution in [2.24, 2.45) is 5.92 Å². The molecule has 0 spiro atoms. The predicted molar refractivity (Wildman–Crippen MR) is 78.2 cm³/mol. The molecule has 0 bridgehead atoms. The van der Waals surface area contributed by atoms with Gasteiger partial charge in [-0.1, -0.05) is 31.5 Å². The fraction of sp³-hybridized carbons (Fsp3) is 0.562. The number of nitrogens with one attached hydrogen (secondary N) is 1. The quantitative estimate of drug-likeness (QED) is 0.829. The molecule has 0 fully saturated rings. The van der Waals surface area contributed by atoms with E-state index in [4.69, 9.17) is 0 Å². The van der Waals surface area contributed by atoms with Crippen LogP contribution >= 0.6 is 0 Å². The Balaban J connectivity index is 2.47. The van der Waals surface area contributed by atoms with Crippen molar-refractivity contribution < 1.29 is 9.90 Å². The summed E-state index contributed by atoms with van der Waals surface area (Å²) in [4.78, 5) is 11.9. The summed E-state index contributed by atoms with van der Waals surface area (Å²) in [5, 5.41) is 13.0. The van der Waals surface area contributed by atoms with E-state index in [2.05, 4.69) is 19.2 Å². The average Bonchev–Trinajstić information content (AvgIpc) is 2.35. The van der Waals surface area contributed by atoms with E-state index in [1.807, 2.05) is 19.1 Å². The number of hydrogen-bond acceptors (Lipinski definition) is 2. The van der Waals surface area contributed by atoms with Crippen LogP contribution in [-0.4, -0.2) is 23.2 Å². The van der Waals surface area contributed by atoms with Gasteiger partial charge in [-0.25, -0.2) is 0 Å². The molecule has 0 aliphatic rings. The normalized spacial score (nSPS) is 14.2. The lowest BCUT2D eigenvalue weighted by Gasteiger charge is -2.24. The minimum atomic E-state index is -0.843. The van der Waals surface area contributed by atoms with Crippen LogP contribution in [0.2, 0.25) is 0 Å². The second-order valence-corrected chi connectivity index (χ2v) is 5.98. The van der Waals surface area contributed by atoms with Crippen molar-refractivity contribution in [3.8, 4) is 0 Å². The Labute approximate surface area is 116 Å². The first-order valence-electron chi connectivity index (χ1n) is 6.87. The highest BCUT2D eigenvalue weighted by molar-refractivity contribution is 5.94. The Bertz CT molecular complexity index is 407. The largest absolute Gasteiger partial charge is 0.388 e.